The van der Waals surface area contributed by atoms with Gasteiger partial charge in [-0.3, -0.25) is 9.59 Å². The minimum Gasteiger partial charge on any atom is -0.483 e. The van der Waals surface area contributed by atoms with E-state index in [2.05, 4.69) is 0 Å². The van der Waals surface area contributed by atoms with E-state index < -0.39 is 0 Å². The summed E-state index contributed by atoms with van der Waals surface area (Å²) in [6, 6.07) is 13.4. The Hall–Kier alpha value is -3.02. The van der Waals surface area contributed by atoms with Gasteiger partial charge in [0.05, 0.1) is 5.52 Å². The number of piperidine rings is 1. The third-order valence-electron chi connectivity index (χ3n) is 6.07. The molecule has 28 heavy (non-hydrogen) atoms. The normalized spacial score (nSPS) is 20.8. The van der Waals surface area contributed by atoms with Crippen molar-refractivity contribution in [3.8, 4) is 5.75 Å². The van der Waals surface area contributed by atoms with Gasteiger partial charge in [-0.05, 0) is 36.6 Å². The Morgan fingerprint density at radius 3 is 2.86 bits per heavy atom. The molecule has 2 aliphatic heterocycles. The SMILES string of the molecule is Cn1ccc2c(OCC(=O)N3C[C@@H]4C[C@H](C3)c3cccc(=O)n3C4)cccc21. The predicted octanol–water partition coefficient (Wildman–Crippen LogP) is 2.36. The summed E-state index contributed by atoms with van der Waals surface area (Å²) in [5.41, 5.74) is 2.20. The largest absolute Gasteiger partial charge is 0.483 e. The molecule has 6 nitrogen and oxygen atoms in total. The number of aromatic nitrogens is 2. The van der Waals surface area contributed by atoms with Crippen LogP contribution in [0.25, 0.3) is 10.9 Å². The van der Waals surface area contributed by atoms with Crippen molar-refractivity contribution < 1.29 is 9.53 Å². The Morgan fingerprint density at radius 2 is 1.96 bits per heavy atom. The Bertz CT molecular complexity index is 1110. The van der Waals surface area contributed by atoms with Gasteiger partial charge in [0.2, 0.25) is 0 Å². The minimum absolute atomic E-state index is 0.00867. The molecule has 2 aromatic heterocycles. The monoisotopic (exact) mass is 377 g/mol. The van der Waals surface area contributed by atoms with Crippen LogP contribution < -0.4 is 10.3 Å². The highest BCUT2D eigenvalue weighted by molar-refractivity contribution is 5.87. The van der Waals surface area contributed by atoms with E-state index in [1.165, 1.54) is 0 Å². The van der Waals surface area contributed by atoms with E-state index in [1.807, 2.05) is 63.7 Å². The average Bonchev–Trinajstić information content (AvgIpc) is 3.08. The van der Waals surface area contributed by atoms with Crippen LogP contribution in [0.2, 0.25) is 0 Å². The van der Waals surface area contributed by atoms with Gasteiger partial charge in [-0.15, -0.1) is 0 Å². The fourth-order valence-electron chi connectivity index (χ4n) is 4.73. The van der Waals surface area contributed by atoms with Crippen LogP contribution in [0.4, 0.5) is 0 Å². The zero-order valence-corrected chi connectivity index (χ0v) is 15.9. The first-order valence-corrected chi connectivity index (χ1v) is 9.74. The molecule has 2 atom stereocenters. The molecule has 6 heteroatoms. The molecule has 3 aromatic rings. The van der Waals surface area contributed by atoms with Crippen molar-refractivity contribution in [3.05, 3.63) is 64.7 Å². The van der Waals surface area contributed by atoms with Crippen LogP contribution in [0.15, 0.2) is 53.5 Å². The fraction of sp³-hybridized carbons (Fsp3) is 0.364. The Kier molecular flexibility index (Phi) is 4.00. The molecule has 1 amide bonds. The number of likely N-dealkylation sites (tertiary alicyclic amines) is 1. The molecule has 2 bridgehead atoms. The van der Waals surface area contributed by atoms with Gasteiger partial charge in [-0.1, -0.05) is 12.1 Å². The Balaban J connectivity index is 1.31. The summed E-state index contributed by atoms with van der Waals surface area (Å²) in [6.45, 7) is 2.07. The number of pyridine rings is 1. The molecule has 1 aromatic carbocycles. The minimum atomic E-state index is 0.00867. The van der Waals surface area contributed by atoms with Crippen molar-refractivity contribution in [2.45, 2.75) is 18.9 Å². The van der Waals surface area contributed by atoms with Gasteiger partial charge in [0, 0.05) is 55.9 Å². The number of fused-ring (bicyclic) bond motifs is 5. The van der Waals surface area contributed by atoms with Gasteiger partial charge >= 0.3 is 0 Å². The van der Waals surface area contributed by atoms with E-state index in [4.69, 9.17) is 4.74 Å². The first kappa shape index (κ1) is 17.1. The maximum atomic E-state index is 12.8. The lowest BCUT2D eigenvalue weighted by atomic mass is 9.83. The third-order valence-corrected chi connectivity index (χ3v) is 6.07. The average molecular weight is 377 g/mol. The first-order chi connectivity index (χ1) is 13.6. The highest BCUT2D eigenvalue weighted by Gasteiger charge is 2.36. The zero-order valence-electron chi connectivity index (χ0n) is 15.9. The van der Waals surface area contributed by atoms with Crippen LogP contribution in [-0.2, 0) is 18.4 Å². The topological polar surface area (TPSA) is 56.5 Å². The van der Waals surface area contributed by atoms with E-state index in [0.29, 0.717) is 25.6 Å². The Morgan fingerprint density at radius 1 is 1.11 bits per heavy atom. The molecule has 4 heterocycles. The second-order valence-corrected chi connectivity index (χ2v) is 7.90. The second-order valence-electron chi connectivity index (χ2n) is 7.90. The first-order valence-electron chi connectivity index (χ1n) is 9.74. The number of rotatable bonds is 3. The highest BCUT2D eigenvalue weighted by atomic mass is 16.5. The standard InChI is InChI=1S/C22H23N3O3/c1-23-9-8-17-19(23)5-2-6-20(17)28-14-22(27)24-11-15-10-16(13-24)18-4-3-7-21(26)25(18)12-15/h2-9,15-16H,10-14H2,1H3/t15-,16+/m0/s1. The number of ether oxygens (including phenoxy) is 1. The van der Waals surface area contributed by atoms with Gasteiger partial charge in [0.15, 0.2) is 6.61 Å². The molecular formula is C22H23N3O3. The van der Waals surface area contributed by atoms with Gasteiger partial charge in [0.25, 0.3) is 11.5 Å². The number of carbonyl (C=O) groups is 1. The molecule has 0 N–H and O–H groups in total. The number of benzene rings is 1. The molecule has 5 rings (SSSR count). The summed E-state index contributed by atoms with van der Waals surface area (Å²) >= 11 is 0. The van der Waals surface area contributed by atoms with Crippen LogP contribution in [0, 0.1) is 5.92 Å². The fourth-order valence-corrected chi connectivity index (χ4v) is 4.73. The highest BCUT2D eigenvalue weighted by Crippen LogP contribution is 2.35. The summed E-state index contributed by atoms with van der Waals surface area (Å²) in [7, 11) is 1.99. The van der Waals surface area contributed by atoms with Crippen molar-refractivity contribution in [1.29, 1.82) is 0 Å². The molecule has 2 aliphatic rings. The molecule has 144 valence electrons. The van der Waals surface area contributed by atoms with Crippen molar-refractivity contribution in [2.24, 2.45) is 13.0 Å². The summed E-state index contributed by atoms with van der Waals surface area (Å²) in [5, 5.41) is 1.02. The summed E-state index contributed by atoms with van der Waals surface area (Å²) in [4.78, 5) is 26.9. The number of nitrogens with zero attached hydrogens (tertiary/aromatic N) is 3. The van der Waals surface area contributed by atoms with E-state index in [1.54, 1.807) is 6.07 Å². The third kappa shape index (κ3) is 2.80. The van der Waals surface area contributed by atoms with Crippen molar-refractivity contribution in [3.63, 3.8) is 0 Å². The molecule has 0 unspecified atom stereocenters. The van der Waals surface area contributed by atoms with Crippen LogP contribution in [0.3, 0.4) is 0 Å². The second kappa shape index (κ2) is 6.55. The predicted molar refractivity (Wildman–Crippen MR) is 107 cm³/mol. The lowest BCUT2D eigenvalue weighted by Crippen LogP contribution is -2.50. The lowest BCUT2D eigenvalue weighted by molar-refractivity contribution is -0.136. The number of hydrogen-bond acceptors (Lipinski definition) is 3. The molecule has 0 saturated carbocycles. The van der Waals surface area contributed by atoms with E-state index in [-0.39, 0.29) is 24.0 Å². The number of hydrogen-bond donors (Lipinski definition) is 0. The van der Waals surface area contributed by atoms with Crippen molar-refractivity contribution in [2.75, 3.05) is 19.7 Å². The number of amides is 1. The van der Waals surface area contributed by atoms with Crippen LogP contribution in [0.5, 0.6) is 5.75 Å². The maximum Gasteiger partial charge on any atom is 0.260 e. The van der Waals surface area contributed by atoms with Crippen molar-refractivity contribution >= 4 is 16.8 Å². The zero-order chi connectivity index (χ0) is 19.3. The molecule has 0 radical (unpaired) electrons. The molecular weight excluding hydrogens is 354 g/mol. The van der Waals surface area contributed by atoms with Crippen LogP contribution in [-0.4, -0.2) is 39.6 Å². The summed E-state index contributed by atoms with van der Waals surface area (Å²) in [5.74, 6) is 1.30. The van der Waals surface area contributed by atoms with Gasteiger partial charge < -0.3 is 18.8 Å². The molecule has 1 fully saturated rings. The van der Waals surface area contributed by atoms with Gasteiger partial charge in [0.1, 0.15) is 5.75 Å². The summed E-state index contributed by atoms with van der Waals surface area (Å²) < 4.78 is 9.82. The van der Waals surface area contributed by atoms with Gasteiger partial charge in [-0.25, -0.2) is 0 Å². The maximum absolute atomic E-state index is 12.8. The molecule has 1 saturated heterocycles. The molecule has 0 aliphatic carbocycles. The smallest absolute Gasteiger partial charge is 0.260 e. The van der Waals surface area contributed by atoms with E-state index in [9.17, 15) is 9.59 Å². The lowest BCUT2D eigenvalue weighted by Gasteiger charge is -2.42. The van der Waals surface area contributed by atoms with Gasteiger partial charge in [-0.2, -0.15) is 0 Å². The Labute approximate surface area is 162 Å². The van der Waals surface area contributed by atoms with E-state index in [0.717, 1.165) is 28.8 Å². The van der Waals surface area contributed by atoms with E-state index >= 15 is 0 Å². The summed E-state index contributed by atoms with van der Waals surface area (Å²) in [6.07, 6.45) is 3.03. The van der Waals surface area contributed by atoms with Crippen molar-refractivity contribution in [1.82, 2.24) is 14.0 Å². The number of aryl methyl sites for hydroxylation is 1. The quantitative estimate of drug-likeness (QED) is 0.704. The van der Waals surface area contributed by atoms with Crippen LogP contribution in [0.1, 0.15) is 18.0 Å². The number of carbonyl (C=O) groups excluding carboxylic acids is 1. The molecule has 0 spiro atoms. The van der Waals surface area contributed by atoms with Crippen LogP contribution >= 0.6 is 0 Å².